The number of alkyl halides is 6. The molecule has 9 nitrogen and oxygen atoms in total. The molecule has 0 spiro atoms. The Kier molecular flexibility index (Phi) is 6.60. The fraction of sp³-hybridized carbons (Fsp3) is 0.348. The van der Waals surface area contributed by atoms with Crippen LogP contribution in [0, 0.1) is 6.92 Å². The van der Waals surface area contributed by atoms with Crippen molar-refractivity contribution in [2.24, 2.45) is 12.8 Å². The van der Waals surface area contributed by atoms with Crippen LogP contribution in [0.25, 0.3) is 21.3 Å². The number of amides is 2. The maximum Gasteiger partial charge on any atom is 0.436 e. The summed E-state index contributed by atoms with van der Waals surface area (Å²) in [4.78, 5) is 28.6. The first-order valence-corrected chi connectivity index (χ1v) is 12.7. The quantitative estimate of drug-likeness (QED) is 0.281. The topological polar surface area (TPSA) is 121 Å². The van der Waals surface area contributed by atoms with Gasteiger partial charge in [-0.2, -0.15) is 36.5 Å². The zero-order valence-electron chi connectivity index (χ0n) is 20.5. The number of primary amides is 1. The molecule has 0 radical (unpaired) electrons. The van der Waals surface area contributed by atoms with Crippen LogP contribution < -0.4 is 11.1 Å². The van der Waals surface area contributed by atoms with Gasteiger partial charge in [-0.15, -0.1) is 11.3 Å². The first-order chi connectivity index (χ1) is 18.6. The minimum atomic E-state index is -4.86. The highest BCUT2D eigenvalue weighted by molar-refractivity contribution is 7.21. The summed E-state index contributed by atoms with van der Waals surface area (Å²) in [6, 6.07) is 0.771. The van der Waals surface area contributed by atoms with Crippen LogP contribution in [0.3, 0.4) is 0 Å². The van der Waals surface area contributed by atoms with Crippen LogP contribution in [0.15, 0.2) is 12.3 Å². The highest BCUT2D eigenvalue weighted by Gasteiger charge is 2.42. The summed E-state index contributed by atoms with van der Waals surface area (Å²) in [7, 11) is 1.58. The Labute approximate surface area is 229 Å². The zero-order chi connectivity index (χ0) is 29.3. The van der Waals surface area contributed by atoms with E-state index in [-0.39, 0.29) is 43.5 Å². The molecule has 1 saturated carbocycles. The van der Waals surface area contributed by atoms with Crippen molar-refractivity contribution < 1.29 is 35.9 Å². The number of rotatable bonds is 6. The van der Waals surface area contributed by atoms with Crippen molar-refractivity contribution in [1.82, 2.24) is 24.5 Å². The standard InChI is InChI=1S/C23H18ClF6N7O2S/c1-8-11(6-32-36(8)2)10-5-12(22(25,26)27)33-21-14(10)16(18(40-21)20(31)39)34-13(38)7-37-17(9-3-4-9)15(24)19(35-37)23(28,29)30/h5-6,9H,3-4,7H2,1-2H3,(H2,31,39)(H,34,38). The van der Waals surface area contributed by atoms with E-state index in [1.807, 2.05) is 0 Å². The molecule has 0 bridgehead atoms. The molecular weight excluding hydrogens is 588 g/mol. The molecule has 4 aromatic rings. The number of carbonyl (C=O) groups excluding carboxylic acids is 2. The van der Waals surface area contributed by atoms with Crippen LogP contribution in [0.1, 0.15) is 51.2 Å². The zero-order valence-corrected chi connectivity index (χ0v) is 22.1. The van der Waals surface area contributed by atoms with Crippen LogP contribution in [-0.4, -0.2) is 36.4 Å². The Morgan fingerprint density at radius 3 is 2.38 bits per heavy atom. The number of hydrogen-bond acceptors (Lipinski definition) is 6. The molecule has 17 heteroatoms. The van der Waals surface area contributed by atoms with Gasteiger partial charge in [0.15, 0.2) is 5.69 Å². The predicted octanol–water partition coefficient (Wildman–Crippen LogP) is 5.51. The third kappa shape index (κ3) is 4.89. The van der Waals surface area contributed by atoms with E-state index in [9.17, 15) is 35.9 Å². The smallest absolute Gasteiger partial charge is 0.365 e. The van der Waals surface area contributed by atoms with E-state index < -0.39 is 47.1 Å². The van der Waals surface area contributed by atoms with Crippen LogP contribution in [-0.2, 0) is 30.7 Å². The molecule has 212 valence electrons. The number of carbonyl (C=O) groups is 2. The number of pyridine rings is 1. The van der Waals surface area contributed by atoms with Gasteiger partial charge in [-0.3, -0.25) is 19.0 Å². The summed E-state index contributed by atoms with van der Waals surface area (Å²) in [6.07, 6.45) is -7.25. The number of thiophene rings is 1. The number of hydrogen-bond donors (Lipinski definition) is 2. The molecule has 3 N–H and O–H groups in total. The monoisotopic (exact) mass is 605 g/mol. The second kappa shape index (κ2) is 9.47. The molecule has 4 heterocycles. The van der Waals surface area contributed by atoms with Gasteiger partial charge in [-0.1, -0.05) is 11.6 Å². The van der Waals surface area contributed by atoms with Crippen molar-refractivity contribution in [1.29, 1.82) is 0 Å². The summed E-state index contributed by atoms with van der Waals surface area (Å²) in [5.41, 5.74) is 3.47. The van der Waals surface area contributed by atoms with E-state index in [1.165, 1.54) is 10.9 Å². The van der Waals surface area contributed by atoms with Gasteiger partial charge >= 0.3 is 12.4 Å². The Bertz CT molecular complexity index is 1680. The van der Waals surface area contributed by atoms with Crippen molar-refractivity contribution in [2.45, 2.75) is 44.6 Å². The first-order valence-electron chi connectivity index (χ1n) is 11.5. The van der Waals surface area contributed by atoms with Gasteiger partial charge < -0.3 is 11.1 Å². The minimum absolute atomic E-state index is 0.00635. The van der Waals surface area contributed by atoms with E-state index >= 15 is 0 Å². The molecule has 40 heavy (non-hydrogen) atoms. The Morgan fingerprint density at radius 2 is 1.85 bits per heavy atom. The molecule has 5 rings (SSSR count). The van der Waals surface area contributed by atoms with Gasteiger partial charge in [0.1, 0.15) is 21.9 Å². The van der Waals surface area contributed by atoms with E-state index in [0.717, 1.165) is 10.7 Å². The Balaban J connectivity index is 1.63. The van der Waals surface area contributed by atoms with Crippen molar-refractivity contribution in [2.75, 3.05) is 5.32 Å². The van der Waals surface area contributed by atoms with Gasteiger partial charge in [-0.25, -0.2) is 4.98 Å². The van der Waals surface area contributed by atoms with Gasteiger partial charge in [0.05, 0.1) is 22.6 Å². The normalized spacial score (nSPS) is 14.2. The molecule has 1 fully saturated rings. The Hall–Kier alpha value is -3.66. The Morgan fingerprint density at radius 1 is 1.18 bits per heavy atom. The number of fused-ring (bicyclic) bond motifs is 1. The fourth-order valence-corrected chi connectivity index (χ4v) is 5.73. The first kappa shape index (κ1) is 27.9. The van der Waals surface area contributed by atoms with Crippen molar-refractivity contribution >= 4 is 50.7 Å². The third-order valence-corrected chi connectivity index (χ3v) is 7.89. The summed E-state index contributed by atoms with van der Waals surface area (Å²) in [6.45, 7) is 0.896. The molecule has 0 atom stereocenters. The number of halogens is 7. The van der Waals surface area contributed by atoms with E-state index in [4.69, 9.17) is 17.3 Å². The van der Waals surface area contributed by atoms with Crippen molar-refractivity contribution in [3.63, 3.8) is 0 Å². The number of nitrogens with zero attached hydrogens (tertiary/aromatic N) is 5. The summed E-state index contributed by atoms with van der Waals surface area (Å²) < 4.78 is 83.7. The molecule has 2 amide bonds. The number of aryl methyl sites for hydroxylation is 1. The lowest BCUT2D eigenvalue weighted by atomic mass is 10.0. The number of nitrogens with two attached hydrogens (primary N) is 1. The van der Waals surface area contributed by atoms with Crippen LogP contribution in [0.2, 0.25) is 5.02 Å². The summed E-state index contributed by atoms with van der Waals surface area (Å²) >= 11 is 6.51. The predicted molar refractivity (Wildman–Crippen MR) is 133 cm³/mol. The average molecular weight is 606 g/mol. The van der Waals surface area contributed by atoms with Gasteiger partial charge in [0, 0.05) is 29.6 Å². The molecule has 0 unspecified atom stereocenters. The lowest BCUT2D eigenvalue weighted by molar-refractivity contribution is -0.142. The molecule has 4 aromatic heterocycles. The number of anilines is 1. The second-order valence-electron chi connectivity index (χ2n) is 9.20. The van der Waals surface area contributed by atoms with Crippen molar-refractivity contribution in [3.8, 4) is 11.1 Å². The maximum absolute atomic E-state index is 13.7. The minimum Gasteiger partial charge on any atom is -0.365 e. The number of aromatic nitrogens is 5. The molecule has 1 aliphatic carbocycles. The molecule has 0 aliphatic heterocycles. The molecule has 1 aliphatic rings. The highest BCUT2D eigenvalue weighted by Crippen LogP contribution is 2.47. The van der Waals surface area contributed by atoms with Crippen LogP contribution in [0.4, 0.5) is 32.0 Å². The van der Waals surface area contributed by atoms with Gasteiger partial charge in [0.25, 0.3) is 5.91 Å². The fourth-order valence-electron chi connectivity index (χ4n) is 4.33. The SMILES string of the molecule is Cc1c(-c2cc(C(F)(F)F)nc3sc(C(N)=O)c(NC(=O)Cn4nc(C(F)(F)F)c(Cl)c4C4CC4)c23)cnn1C. The van der Waals surface area contributed by atoms with E-state index in [2.05, 4.69) is 20.5 Å². The van der Waals surface area contributed by atoms with E-state index in [1.54, 1.807) is 14.0 Å². The molecule has 0 saturated heterocycles. The molecule has 0 aromatic carbocycles. The van der Waals surface area contributed by atoms with Crippen molar-refractivity contribution in [3.05, 3.63) is 44.9 Å². The lowest BCUT2D eigenvalue weighted by Crippen LogP contribution is -2.23. The van der Waals surface area contributed by atoms with Crippen LogP contribution in [0.5, 0.6) is 0 Å². The average Bonchev–Trinajstić information content (AvgIpc) is 3.41. The second-order valence-corrected chi connectivity index (χ2v) is 10.6. The van der Waals surface area contributed by atoms with Crippen LogP contribution >= 0.6 is 22.9 Å². The van der Waals surface area contributed by atoms with Gasteiger partial charge in [-0.05, 0) is 31.4 Å². The largest absolute Gasteiger partial charge is 0.436 e. The van der Waals surface area contributed by atoms with E-state index in [0.29, 0.717) is 29.9 Å². The summed E-state index contributed by atoms with van der Waals surface area (Å²) in [5, 5.41) is 9.42. The lowest BCUT2D eigenvalue weighted by Gasteiger charge is -2.13. The van der Waals surface area contributed by atoms with Gasteiger partial charge in [0.2, 0.25) is 5.91 Å². The highest BCUT2D eigenvalue weighted by atomic mass is 35.5. The maximum atomic E-state index is 13.7. The third-order valence-electron chi connectivity index (χ3n) is 6.42. The summed E-state index contributed by atoms with van der Waals surface area (Å²) in [5.74, 6) is -2.27. The molecular formula is C23H18ClF6N7O2S. The number of nitrogens with one attached hydrogen (secondary N) is 1.